The lowest BCUT2D eigenvalue weighted by Crippen LogP contribution is -1.80. The first-order chi connectivity index (χ1) is 5.79. The van der Waals surface area contributed by atoms with Crippen LogP contribution in [-0.4, -0.2) is 0 Å². The summed E-state index contributed by atoms with van der Waals surface area (Å²) in [6.07, 6.45) is 0. The first kappa shape index (κ1) is 7.77. The van der Waals surface area contributed by atoms with Crippen LogP contribution < -0.4 is 0 Å². The van der Waals surface area contributed by atoms with Crippen molar-refractivity contribution in [1.82, 2.24) is 0 Å². The molecule has 0 heterocycles. The van der Waals surface area contributed by atoms with Gasteiger partial charge in [-0.3, -0.25) is 0 Å². The monoisotopic (exact) mass is 190 g/mol. The van der Waals surface area contributed by atoms with Gasteiger partial charge in [0.15, 0.2) is 0 Å². The van der Waals surface area contributed by atoms with Crippen LogP contribution in [0.5, 0.6) is 0 Å². The van der Waals surface area contributed by atoms with E-state index in [2.05, 4.69) is 0 Å². The standard InChI is InChI=1S/C10H8S2/c11-8-5-1-3-7-4-2-6-9(12)10(7)8/h1-6,11-12H/p-2. The Morgan fingerprint density at radius 3 is 1.67 bits per heavy atom. The molecule has 0 unspecified atom stereocenters. The van der Waals surface area contributed by atoms with Crippen LogP contribution in [0.2, 0.25) is 0 Å². The Morgan fingerprint density at radius 2 is 1.25 bits per heavy atom. The second-order valence-corrected chi connectivity index (χ2v) is 3.49. The van der Waals surface area contributed by atoms with E-state index < -0.39 is 0 Å². The highest BCUT2D eigenvalue weighted by Gasteiger charge is 1.89. The van der Waals surface area contributed by atoms with Gasteiger partial charge in [0.05, 0.1) is 0 Å². The second kappa shape index (κ2) is 2.88. The first-order valence-electron chi connectivity index (χ1n) is 3.65. The molecule has 2 aromatic carbocycles. The van der Waals surface area contributed by atoms with Crippen molar-refractivity contribution >= 4 is 36.0 Å². The maximum absolute atomic E-state index is 5.17. The summed E-state index contributed by atoms with van der Waals surface area (Å²) in [4.78, 5) is 1.69. The van der Waals surface area contributed by atoms with Gasteiger partial charge in [0.2, 0.25) is 0 Å². The third-order valence-corrected chi connectivity index (χ3v) is 2.51. The van der Waals surface area contributed by atoms with Crippen LogP contribution in [0, 0.1) is 0 Å². The number of fused-ring (bicyclic) bond motifs is 1. The maximum Gasteiger partial charge on any atom is -0.0214 e. The van der Waals surface area contributed by atoms with Crippen molar-refractivity contribution in [1.29, 1.82) is 0 Å². The van der Waals surface area contributed by atoms with Crippen LogP contribution in [-0.2, 0) is 25.3 Å². The Hall–Kier alpha value is -0.860. The molecule has 0 aliphatic heterocycles. The molecule has 0 bridgehead atoms. The molecule has 2 heteroatoms. The molecule has 60 valence electrons. The summed E-state index contributed by atoms with van der Waals surface area (Å²) in [5.74, 6) is 0. The number of rotatable bonds is 0. The van der Waals surface area contributed by atoms with Crippen LogP contribution in [0.25, 0.3) is 10.8 Å². The van der Waals surface area contributed by atoms with Crippen molar-refractivity contribution in [2.24, 2.45) is 0 Å². The summed E-state index contributed by atoms with van der Waals surface area (Å²) in [7, 11) is 0. The Labute approximate surface area is 82.4 Å². The molecule has 0 aliphatic rings. The summed E-state index contributed by atoms with van der Waals surface area (Å²) in [6.45, 7) is 0. The fourth-order valence-electron chi connectivity index (χ4n) is 1.27. The minimum atomic E-state index is 0.845. The molecule has 0 nitrogen and oxygen atoms in total. The lowest BCUT2D eigenvalue weighted by Gasteiger charge is -2.17. The van der Waals surface area contributed by atoms with Gasteiger partial charge in [0.25, 0.3) is 0 Å². The van der Waals surface area contributed by atoms with Crippen molar-refractivity contribution in [3.8, 4) is 0 Å². The summed E-state index contributed by atoms with van der Waals surface area (Å²) in [5.41, 5.74) is 0. The Bertz CT molecular complexity index is 384. The van der Waals surface area contributed by atoms with Crippen molar-refractivity contribution in [2.75, 3.05) is 0 Å². The van der Waals surface area contributed by atoms with E-state index in [4.69, 9.17) is 25.3 Å². The molecule has 0 saturated heterocycles. The quantitative estimate of drug-likeness (QED) is 0.586. The predicted octanol–water partition coefficient (Wildman–Crippen LogP) is 2.65. The molecule has 0 aliphatic carbocycles. The zero-order chi connectivity index (χ0) is 8.55. The average molecular weight is 190 g/mol. The minimum Gasteiger partial charge on any atom is -0.779 e. The van der Waals surface area contributed by atoms with E-state index in [0.29, 0.717) is 0 Å². The fraction of sp³-hybridized carbons (Fsp3) is 0. The predicted molar refractivity (Wildman–Crippen MR) is 55.2 cm³/mol. The first-order valence-corrected chi connectivity index (χ1v) is 4.46. The third-order valence-electron chi connectivity index (χ3n) is 1.83. The summed E-state index contributed by atoms with van der Waals surface area (Å²) < 4.78 is 0. The van der Waals surface area contributed by atoms with Crippen molar-refractivity contribution in [3.63, 3.8) is 0 Å². The molecule has 2 aromatic rings. The highest BCUT2D eigenvalue weighted by molar-refractivity contribution is 7.60. The molecule has 0 saturated carbocycles. The lowest BCUT2D eigenvalue weighted by molar-refractivity contribution is 1.46. The molecule has 0 spiro atoms. The zero-order valence-electron chi connectivity index (χ0n) is 6.28. The Balaban J connectivity index is 2.96. The highest BCUT2D eigenvalue weighted by Crippen LogP contribution is 2.22. The van der Waals surface area contributed by atoms with Crippen molar-refractivity contribution in [3.05, 3.63) is 36.4 Å². The normalized spacial score (nSPS) is 10.3. The smallest absolute Gasteiger partial charge is 0.0214 e. The van der Waals surface area contributed by atoms with E-state index in [1.807, 2.05) is 36.4 Å². The van der Waals surface area contributed by atoms with Gasteiger partial charge in [-0.15, -0.1) is 0 Å². The molecule has 0 amide bonds. The minimum absolute atomic E-state index is 0.845. The van der Waals surface area contributed by atoms with Gasteiger partial charge >= 0.3 is 0 Å². The second-order valence-electron chi connectivity index (χ2n) is 2.61. The third kappa shape index (κ3) is 1.13. The van der Waals surface area contributed by atoms with E-state index >= 15 is 0 Å². The topological polar surface area (TPSA) is 0 Å². The number of hydrogen-bond donors (Lipinski definition) is 0. The largest absolute Gasteiger partial charge is 0.779 e. The van der Waals surface area contributed by atoms with E-state index in [1.165, 1.54) is 0 Å². The van der Waals surface area contributed by atoms with E-state index in [9.17, 15) is 0 Å². The maximum atomic E-state index is 5.17. The summed E-state index contributed by atoms with van der Waals surface area (Å²) in [5, 5.41) is 2.17. The van der Waals surface area contributed by atoms with Crippen LogP contribution in [0.15, 0.2) is 46.2 Å². The van der Waals surface area contributed by atoms with Crippen LogP contribution in [0.1, 0.15) is 0 Å². The lowest BCUT2D eigenvalue weighted by atomic mass is 10.1. The molecular formula is C10H6S2-2. The van der Waals surface area contributed by atoms with Gasteiger partial charge in [-0.25, -0.2) is 0 Å². The van der Waals surface area contributed by atoms with Crippen molar-refractivity contribution in [2.45, 2.75) is 9.79 Å². The average Bonchev–Trinajstić information content (AvgIpc) is 2.04. The van der Waals surface area contributed by atoms with Gasteiger partial charge in [-0.2, -0.15) is 9.79 Å². The molecule has 2 rings (SSSR count). The summed E-state index contributed by atoms with van der Waals surface area (Å²) in [6, 6.07) is 11.8. The molecule has 0 atom stereocenters. The molecule has 0 aromatic heterocycles. The van der Waals surface area contributed by atoms with E-state index in [-0.39, 0.29) is 0 Å². The van der Waals surface area contributed by atoms with E-state index in [0.717, 1.165) is 20.6 Å². The molecule has 0 radical (unpaired) electrons. The Morgan fingerprint density at radius 1 is 0.750 bits per heavy atom. The van der Waals surface area contributed by atoms with Gasteiger partial charge < -0.3 is 25.3 Å². The SMILES string of the molecule is [S-]c1cccc2cccc([S-])c12. The molecule has 0 N–H and O–H groups in total. The molecular weight excluding hydrogens is 184 g/mol. The van der Waals surface area contributed by atoms with Crippen LogP contribution in [0.4, 0.5) is 0 Å². The Kier molecular flexibility index (Phi) is 1.87. The number of hydrogen-bond acceptors (Lipinski definition) is 2. The van der Waals surface area contributed by atoms with Crippen LogP contribution in [0.3, 0.4) is 0 Å². The van der Waals surface area contributed by atoms with E-state index in [1.54, 1.807) is 0 Å². The van der Waals surface area contributed by atoms with Gasteiger partial charge in [-0.05, 0) is 5.39 Å². The van der Waals surface area contributed by atoms with Gasteiger partial charge in [-0.1, -0.05) is 41.8 Å². The van der Waals surface area contributed by atoms with Crippen LogP contribution >= 0.6 is 0 Å². The van der Waals surface area contributed by atoms with Crippen molar-refractivity contribution < 1.29 is 0 Å². The zero-order valence-corrected chi connectivity index (χ0v) is 7.91. The fourth-order valence-corrected chi connectivity index (χ4v) is 1.95. The van der Waals surface area contributed by atoms with Gasteiger partial charge in [0, 0.05) is 0 Å². The molecule has 12 heavy (non-hydrogen) atoms. The summed E-state index contributed by atoms with van der Waals surface area (Å²) >= 11 is 10.3. The molecule has 0 fully saturated rings. The number of benzene rings is 2. The highest BCUT2D eigenvalue weighted by atomic mass is 32.1. The van der Waals surface area contributed by atoms with Gasteiger partial charge in [0.1, 0.15) is 0 Å².